The van der Waals surface area contributed by atoms with E-state index in [0.717, 1.165) is 19.3 Å². The highest BCUT2D eigenvalue weighted by atomic mass is 32.2. The molecule has 24 heavy (non-hydrogen) atoms. The lowest BCUT2D eigenvalue weighted by Gasteiger charge is -2.15. The third-order valence-electron chi connectivity index (χ3n) is 3.76. The first-order chi connectivity index (χ1) is 11.3. The molecule has 0 heterocycles. The smallest absolute Gasteiger partial charge is 0.321 e. The SMILES string of the molecule is CCCC[C@H](NS(=O)(=O)c1cccc(C(=O)NC2CC2)c1)C(=O)O. The van der Waals surface area contributed by atoms with Crippen molar-refractivity contribution in [2.24, 2.45) is 0 Å². The maximum atomic E-state index is 12.4. The van der Waals surface area contributed by atoms with Crippen molar-refractivity contribution < 1.29 is 23.1 Å². The van der Waals surface area contributed by atoms with Crippen LogP contribution in [0.2, 0.25) is 0 Å². The van der Waals surface area contributed by atoms with Crippen molar-refractivity contribution in [1.82, 2.24) is 10.0 Å². The molecule has 3 N–H and O–H groups in total. The van der Waals surface area contributed by atoms with Crippen LogP contribution in [0.3, 0.4) is 0 Å². The lowest BCUT2D eigenvalue weighted by molar-refractivity contribution is -0.139. The number of benzene rings is 1. The molecule has 1 saturated carbocycles. The van der Waals surface area contributed by atoms with Gasteiger partial charge in [0.1, 0.15) is 6.04 Å². The van der Waals surface area contributed by atoms with E-state index in [-0.39, 0.29) is 28.8 Å². The van der Waals surface area contributed by atoms with E-state index in [1.54, 1.807) is 0 Å². The van der Waals surface area contributed by atoms with Crippen LogP contribution in [0.5, 0.6) is 0 Å². The van der Waals surface area contributed by atoms with E-state index in [1.807, 2.05) is 6.92 Å². The van der Waals surface area contributed by atoms with Crippen LogP contribution in [0, 0.1) is 0 Å². The number of rotatable bonds is 9. The molecule has 132 valence electrons. The van der Waals surface area contributed by atoms with Crippen molar-refractivity contribution in [2.75, 3.05) is 0 Å². The molecule has 7 nitrogen and oxygen atoms in total. The summed E-state index contributed by atoms with van der Waals surface area (Å²) in [4.78, 5) is 23.1. The van der Waals surface area contributed by atoms with Gasteiger partial charge >= 0.3 is 5.97 Å². The molecule has 0 aliphatic heterocycles. The molecular formula is C16H22N2O5S. The largest absolute Gasteiger partial charge is 0.480 e. The highest BCUT2D eigenvalue weighted by Crippen LogP contribution is 2.20. The lowest BCUT2D eigenvalue weighted by atomic mass is 10.1. The maximum Gasteiger partial charge on any atom is 0.321 e. The lowest BCUT2D eigenvalue weighted by Crippen LogP contribution is -2.40. The zero-order valence-corrected chi connectivity index (χ0v) is 14.3. The molecule has 1 aliphatic rings. The number of unbranched alkanes of at least 4 members (excludes halogenated alkanes) is 1. The molecule has 0 spiro atoms. The van der Waals surface area contributed by atoms with Gasteiger partial charge in [0.25, 0.3) is 5.91 Å². The van der Waals surface area contributed by atoms with Crippen molar-refractivity contribution in [3.05, 3.63) is 29.8 Å². The predicted octanol–water partition coefficient (Wildman–Crippen LogP) is 1.50. The van der Waals surface area contributed by atoms with Crippen LogP contribution >= 0.6 is 0 Å². The summed E-state index contributed by atoms with van der Waals surface area (Å²) in [6.07, 6.45) is 3.45. The first kappa shape index (κ1) is 18.4. The summed E-state index contributed by atoms with van der Waals surface area (Å²) < 4.78 is 27.0. The fraction of sp³-hybridized carbons (Fsp3) is 0.500. The van der Waals surface area contributed by atoms with Gasteiger partial charge < -0.3 is 10.4 Å². The number of sulfonamides is 1. The fourth-order valence-corrected chi connectivity index (χ4v) is 3.47. The van der Waals surface area contributed by atoms with E-state index < -0.39 is 22.0 Å². The van der Waals surface area contributed by atoms with Gasteiger partial charge in [-0.1, -0.05) is 25.8 Å². The summed E-state index contributed by atoms with van der Waals surface area (Å²) in [6.45, 7) is 1.90. The zero-order valence-electron chi connectivity index (χ0n) is 13.5. The Labute approximate surface area is 141 Å². The second kappa shape index (κ2) is 7.76. The molecule has 0 bridgehead atoms. The Hall–Kier alpha value is -1.93. The number of nitrogens with one attached hydrogen (secondary N) is 2. The number of amides is 1. The summed E-state index contributed by atoms with van der Waals surface area (Å²) in [5, 5.41) is 12.0. The summed E-state index contributed by atoms with van der Waals surface area (Å²) in [5.41, 5.74) is 0.241. The van der Waals surface area contributed by atoms with E-state index in [1.165, 1.54) is 24.3 Å². The van der Waals surface area contributed by atoms with E-state index in [0.29, 0.717) is 6.42 Å². The van der Waals surface area contributed by atoms with Crippen LogP contribution in [-0.2, 0) is 14.8 Å². The van der Waals surface area contributed by atoms with Crippen molar-refractivity contribution in [1.29, 1.82) is 0 Å². The van der Waals surface area contributed by atoms with Crippen LogP contribution in [-0.4, -0.2) is 37.5 Å². The Balaban J connectivity index is 2.15. The number of hydrogen-bond acceptors (Lipinski definition) is 4. The topological polar surface area (TPSA) is 113 Å². The van der Waals surface area contributed by atoms with Crippen LogP contribution in [0.4, 0.5) is 0 Å². The maximum absolute atomic E-state index is 12.4. The van der Waals surface area contributed by atoms with Crippen molar-refractivity contribution in [3.8, 4) is 0 Å². The third kappa shape index (κ3) is 5.04. The Kier molecular flexibility index (Phi) is 5.95. The Morgan fingerprint density at radius 3 is 2.62 bits per heavy atom. The molecule has 1 aromatic carbocycles. The molecular weight excluding hydrogens is 332 g/mol. The van der Waals surface area contributed by atoms with E-state index in [4.69, 9.17) is 5.11 Å². The molecule has 0 unspecified atom stereocenters. The average Bonchev–Trinajstić information content (AvgIpc) is 3.35. The Bertz CT molecular complexity index is 713. The van der Waals surface area contributed by atoms with E-state index >= 15 is 0 Å². The van der Waals surface area contributed by atoms with Gasteiger partial charge in [0.2, 0.25) is 10.0 Å². The fourth-order valence-electron chi connectivity index (χ4n) is 2.20. The number of carbonyl (C=O) groups excluding carboxylic acids is 1. The molecule has 2 rings (SSSR count). The molecule has 1 fully saturated rings. The number of hydrogen-bond donors (Lipinski definition) is 3. The van der Waals surface area contributed by atoms with Crippen LogP contribution < -0.4 is 10.0 Å². The van der Waals surface area contributed by atoms with Crippen LogP contribution in [0.15, 0.2) is 29.2 Å². The standard InChI is InChI=1S/C16H22N2O5S/c1-2-3-7-14(16(20)21)18-24(22,23)13-6-4-5-11(10-13)15(19)17-12-8-9-12/h4-6,10,12,14,18H,2-3,7-9H2,1H3,(H,17,19)(H,20,21)/t14-/m0/s1. The molecule has 0 radical (unpaired) electrons. The Morgan fingerprint density at radius 1 is 1.33 bits per heavy atom. The van der Waals surface area contributed by atoms with Gasteiger partial charge in [-0.05, 0) is 37.5 Å². The van der Waals surface area contributed by atoms with Gasteiger partial charge in [0.05, 0.1) is 4.90 Å². The second-order valence-corrected chi connectivity index (χ2v) is 7.64. The van der Waals surface area contributed by atoms with Gasteiger partial charge in [0, 0.05) is 11.6 Å². The number of carboxylic acid groups (broad SMARTS) is 1. The monoisotopic (exact) mass is 354 g/mol. The minimum absolute atomic E-state index is 0.117. The Morgan fingerprint density at radius 2 is 2.04 bits per heavy atom. The number of carbonyl (C=O) groups is 2. The summed E-state index contributed by atoms with van der Waals surface area (Å²) in [5.74, 6) is -1.54. The quantitative estimate of drug-likeness (QED) is 0.622. The molecule has 1 aromatic rings. The van der Waals surface area contributed by atoms with Gasteiger partial charge in [-0.2, -0.15) is 4.72 Å². The average molecular weight is 354 g/mol. The van der Waals surface area contributed by atoms with Crippen molar-refractivity contribution in [3.63, 3.8) is 0 Å². The molecule has 0 saturated heterocycles. The van der Waals surface area contributed by atoms with Crippen molar-refractivity contribution >= 4 is 21.9 Å². The minimum atomic E-state index is -4.01. The first-order valence-electron chi connectivity index (χ1n) is 7.99. The molecule has 1 atom stereocenters. The van der Waals surface area contributed by atoms with Gasteiger partial charge in [0.15, 0.2) is 0 Å². The van der Waals surface area contributed by atoms with Crippen LogP contribution in [0.1, 0.15) is 49.4 Å². The van der Waals surface area contributed by atoms with Gasteiger partial charge in [-0.15, -0.1) is 0 Å². The second-order valence-electron chi connectivity index (χ2n) is 5.93. The number of carboxylic acids is 1. The minimum Gasteiger partial charge on any atom is -0.480 e. The normalized spacial score (nSPS) is 15.7. The first-order valence-corrected chi connectivity index (χ1v) is 9.48. The third-order valence-corrected chi connectivity index (χ3v) is 5.23. The molecule has 1 amide bonds. The zero-order chi connectivity index (χ0) is 17.7. The highest BCUT2D eigenvalue weighted by molar-refractivity contribution is 7.89. The van der Waals surface area contributed by atoms with Crippen molar-refractivity contribution in [2.45, 2.75) is 56.0 Å². The summed E-state index contributed by atoms with van der Waals surface area (Å²) in [7, 11) is -4.01. The summed E-state index contributed by atoms with van der Waals surface area (Å²) in [6, 6.07) is 4.59. The highest BCUT2D eigenvalue weighted by Gasteiger charge is 2.27. The molecule has 8 heteroatoms. The predicted molar refractivity (Wildman–Crippen MR) is 88.2 cm³/mol. The van der Waals surface area contributed by atoms with E-state index in [9.17, 15) is 18.0 Å². The van der Waals surface area contributed by atoms with E-state index in [2.05, 4.69) is 10.0 Å². The van der Waals surface area contributed by atoms with Gasteiger partial charge in [-0.3, -0.25) is 9.59 Å². The molecule has 0 aromatic heterocycles. The summed E-state index contributed by atoms with van der Waals surface area (Å²) >= 11 is 0. The van der Waals surface area contributed by atoms with Gasteiger partial charge in [-0.25, -0.2) is 8.42 Å². The molecule has 1 aliphatic carbocycles. The van der Waals surface area contributed by atoms with Crippen LogP contribution in [0.25, 0.3) is 0 Å². The number of aliphatic carboxylic acids is 1.